The number of aromatic nitrogens is 3. The number of nitrogens with one attached hydrogen (secondary N) is 1. The molecular formula is C21H19BFN5O3. The van der Waals surface area contributed by atoms with Crippen molar-refractivity contribution < 1.29 is 19.2 Å². The van der Waals surface area contributed by atoms with Gasteiger partial charge in [0.1, 0.15) is 11.6 Å². The molecule has 10 heteroatoms. The van der Waals surface area contributed by atoms with Gasteiger partial charge >= 0.3 is 7.12 Å². The van der Waals surface area contributed by atoms with E-state index >= 15 is 0 Å². The Bertz CT molecular complexity index is 1290. The molecule has 5 N–H and O–H groups in total. The van der Waals surface area contributed by atoms with Crippen LogP contribution in [0.2, 0.25) is 0 Å². The predicted octanol–water partition coefficient (Wildman–Crippen LogP) is 1.23. The van der Waals surface area contributed by atoms with Gasteiger partial charge in [-0.25, -0.2) is 14.4 Å². The van der Waals surface area contributed by atoms with Gasteiger partial charge in [0, 0.05) is 24.4 Å². The fourth-order valence-electron chi connectivity index (χ4n) is 3.49. The summed E-state index contributed by atoms with van der Waals surface area (Å²) >= 11 is 0. The number of primary amides is 1. The number of carbonyl (C=O) groups excluding carboxylic acids is 1. The summed E-state index contributed by atoms with van der Waals surface area (Å²) in [6.45, 7) is 2.07. The Balaban J connectivity index is 1.78. The zero-order valence-electron chi connectivity index (χ0n) is 16.6. The number of aryl methyl sites for hydroxylation is 1. The highest BCUT2D eigenvalue weighted by Crippen LogP contribution is 2.27. The highest BCUT2D eigenvalue weighted by atomic mass is 19.1. The van der Waals surface area contributed by atoms with Gasteiger partial charge in [0.15, 0.2) is 5.82 Å². The molecule has 3 heterocycles. The van der Waals surface area contributed by atoms with Gasteiger partial charge < -0.3 is 25.5 Å². The molecule has 8 nitrogen and oxygen atoms in total. The average molecular weight is 419 g/mol. The summed E-state index contributed by atoms with van der Waals surface area (Å²) in [7, 11) is -1.80. The van der Waals surface area contributed by atoms with Crippen molar-refractivity contribution in [3.8, 4) is 11.5 Å². The van der Waals surface area contributed by atoms with E-state index in [1.807, 2.05) is 13.0 Å². The number of pyridine rings is 1. The van der Waals surface area contributed by atoms with Crippen molar-refractivity contribution in [1.29, 1.82) is 0 Å². The number of nitrogens with zero attached hydrogens (tertiary/aromatic N) is 3. The maximum Gasteiger partial charge on any atom is 0.493 e. The number of fused-ring (bicyclic) bond motifs is 1. The van der Waals surface area contributed by atoms with E-state index in [0.717, 1.165) is 5.56 Å². The molecule has 4 aromatic rings. The van der Waals surface area contributed by atoms with Crippen LogP contribution < -0.4 is 16.5 Å². The lowest BCUT2D eigenvalue weighted by Gasteiger charge is -2.13. The van der Waals surface area contributed by atoms with Crippen LogP contribution >= 0.6 is 0 Å². The second-order valence-corrected chi connectivity index (χ2v) is 7.07. The van der Waals surface area contributed by atoms with Gasteiger partial charge in [-0.2, -0.15) is 0 Å². The Hall–Kier alpha value is -3.76. The lowest BCUT2D eigenvalue weighted by atomic mass is 9.81. The highest BCUT2D eigenvalue weighted by molar-refractivity contribution is 6.60. The molecule has 4 rings (SSSR count). The van der Waals surface area contributed by atoms with E-state index in [2.05, 4.69) is 15.3 Å². The third-order valence-corrected chi connectivity index (χ3v) is 4.92. The molecule has 1 aromatic carbocycles. The van der Waals surface area contributed by atoms with Crippen LogP contribution in [0.3, 0.4) is 0 Å². The maximum atomic E-state index is 13.5. The third-order valence-electron chi connectivity index (χ3n) is 4.92. The summed E-state index contributed by atoms with van der Waals surface area (Å²) in [6.07, 6.45) is 3.08. The first-order valence-corrected chi connectivity index (χ1v) is 9.47. The van der Waals surface area contributed by atoms with Gasteiger partial charge in [0.05, 0.1) is 16.8 Å². The number of anilines is 1. The van der Waals surface area contributed by atoms with Crippen molar-refractivity contribution in [2.75, 3.05) is 5.32 Å². The molecule has 0 unspecified atom stereocenters. The zero-order chi connectivity index (χ0) is 22.1. The number of nitrogens with two attached hydrogens (primary N) is 1. The Kier molecular flexibility index (Phi) is 5.41. The van der Waals surface area contributed by atoms with E-state index in [0.29, 0.717) is 28.2 Å². The minimum Gasteiger partial charge on any atom is -0.423 e. The Morgan fingerprint density at radius 2 is 2.06 bits per heavy atom. The van der Waals surface area contributed by atoms with Crippen molar-refractivity contribution in [3.05, 3.63) is 77.4 Å². The molecule has 0 saturated carbocycles. The van der Waals surface area contributed by atoms with Crippen LogP contribution in [0.15, 0.2) is 54.9 Å². The summed E-state index contributed by atoms with van der Waals surface area (Å²) in [5.41, 5.74) is 8.65. The van der Waals surface area contributed by atoms with Gasteiger partial charge in [-0.15, -0.1) is 0 Å². The molecule has 156 valence electrons. The van der Waals surface area contributed by atoms with E-state index in [1.165, 1.54) is 18.3 Å². The van der Waals surface area contributed by atoms with Crippen LogP contribution in [-0.2, 0) is 6.54 Å². The SMILES string of the molecule is Cc1cc2c(C(N)=O)cccn2c1-c1ncc(B(O)O)c(NCc2cccc(F)c2)n1. The fourth-order valence-corrected chi connectivity index (χ4v) is 3.49. The Morgan fingerprint density at radius 1 is 1.26 bits per heavy atom. The van der Waals surface area contributed by atoms with E-state index in [9.17, 15) is 19.2 Å². The van der Waals surface area contributed by atoms with Gasteiger partial charge in [0.2, 0.25) is 0 Å². The zero-order valence-corrected chi connectivity index (χ0v) is 16.6. The van der Waals surface area contributed by atoms with Crippen LogP contribution in [0, 0.1) is 12.7 Å². The smallest absolute Gasteiger partial charge is 0.423 e. The molecule has 0 radical (unpaired) electrons. The van der Waals surface area contributed by atoms with Gasteiger partial charge in [0.25, 0.3) is 5.91 Å². The van der Waals surface area contributed by atoms with Crippen LogP contribution in [-0.4, -0.2) is 37.4 Å². The van der Waals surface area contributed by atoms with E-state index in [4.69, 9.17) is 5.73 Å². The normalized spacial score (nSPS) is 11.0. The number of hydrogen-bond acceptors (Lipinski definition) is 6. The van der Waals surface area contributed by atoms with E-state index in [1.54, 1.807) is 34.9 Å². The summed E-state index contributed by atoms with van der Waals surface area (Å²) in [5.74, 6) is -0.410. The number of amides is 1. The lowest BCUT2D eigenvalue weighted by molar-refractivity contribution is 0.100. The topological polar surface area (TPSA) is 126 Å². The standard InChI is InChI=1S/C21H19BFN5O3/c1-12-8-17-15(19(24)29)6-3-7-28(17)18(12)21-26-11-16(22(30)31)20(27-21)25-10-13-4-2-5-14(23)9-13/h2-9,11,30-31H,10H2,1H3,(H2,24,29)(H,25,26,27). The molecule has 0 spiro atoms. The average Bonchev–Trinajstić information content (AvgIpc) is 3.07. The number of rotatable bonds is 6. The van der Waals surface area contributed by atoms with Gasteiger partial charge in [-0.3, -0.25) is 4.79 Å². The van der Waals surface area contributed by atoms with Crippen LogP contribution in [0.4, 0.5) is 10.2 Å². The first-order valence-electron chi connectivity index (χ1n) is 9.47. The van der Waals surface area contributed by atoms with Gasteiger partial charge in [-0.05, 0) is 48.4 Å². The van der Waals surface area contributed by atoms with Crippen LogP contribution in [0.1, 0.15) is 21.5 Å². The number of carbonyl (C=O) groups is 1. The molecule has 0 aliphatic rings. The van der Waals surface area contributed by atoms with Crippen molar-refractivity contribution in [1.82, 2.24) is 14.4 Å². The second-order valence-electron chi connectivity index (χ2n) is 7.07. The summed E-state index contributed by atoms with van der Waals surface area (Å²) < 4.78 is 15.2. The number of halogens is 1. The molecule has 1 amide bonds. The molecule has 0 atom stereocenters. The van der Waals surface area contributed by atoms with E-state index in [-0.39, 0.29) is 23.6 Å². The molecule has 0 bridgehead atoms. The van der Waals surface area contributed by atoms with Crippen molar-refractivity contribution in [2.24, 2.45) is 5.73 Å². The molecular weight excluding hydrogens is 400 g/mol. The van der Waals surface area contributed by atoms with Crippen molar-refractivity contribution in [2.45, 2.75) is 13.5 Å². The summed E-state index contributed by atoms with van der Waals surface area (Å²) in [4.78, 5) is 20.6. The molecule has 0 aliphatic carbocycles. The number of benzene rings is 1. The summed E-state index contributed by atoms with van der Waals surface area (Å²) in [6, 6.07) is 11.2. The third kappa shape index (κ3) is 3.98. The largest absolute Gasteiger partial charge is 0.493 e. The highest BCUT2D eigenvalue weighted by Gasteiger charge is 2.22. The fraction of sp³-hybridized carbons (Fsp3) is 0.0952. The lowest BCUT2D eigenvalue weighted by Crippen LogP contribution is -2.34. The predicted molar refractivity (Wildman–Crippen MR) is 115 cm³/mol. The molecule has 0 saturated heterocycles. The quantitative estimate of drug-likeness (QED) is 0.349. The Morgan fingerprint density at radius 3 is 2.77 bits per heavy atom. The first-order chi connectivity index (χ1) is 14.8. The Labute approximate surface area is 177 Å². The molecule has 31 heavy (non-hydrogen) atoms. The van der Waals surface area contributed by atoms with Crippen molar-refractivity contribution >= 4 is 29.8 Å². The summed E-state index contributed by atoms with van der Waals surface area (Å²) in [5, 5.41) is 22.4. The molecule has 0 fully saturated rings. The monoisotopic (exact) mass is 419 g/mol. The molecule has 0 aliphatic heterocycles. The second kappa shape index (κ2) is 8.17. The number of hydrogen-bond donors (Lipinski definition) is 4. The maximum absolute atomic E-state index is 13.5. The van der Waals surface area contributed by atoms with Gasteiger partial charge in [-0.1, -0.05) is 12.1 Å². The van der Waals surface area contributed by atoms with E-state index < -0.39 is 13.0 Å². The minimum atomic E-state index is -1.80. The minimum absolute atomic E-state index is 0.0801. The van der Waals surface area contributed by atoms with Crippen LogP contribution in [0.5, 0.6) is 0 Å². The first kappa shape index (κ1) is 20.5. The van der Waals surface area contributed by atoms with Crippen molar-refractivity contribution in [3.63, 3.8) is 0 Å². The molecule has 3 aromatic heterocycles. The van der Waals surface area contributed by atoms with Crippen LogP contribution in [0.25, 0.3) is 17.0 Å².